The number of ether oxygens (including phenoxy) is 1. The van der Waals surface area contributed by atoms with Crippen LogP contribution in [-0.4, -0.2) is 40.7 Å². The van der Waals surface area contributed by atoms with E-state index in [1.54, 1.807) is 6.20 Å². The van der Waals surface area contributed by atoms with Gasteiger partial charge in [0.1, 0.15) is 6.10 Å². The lowest BCUT2D eigenvalue weighted by molar-refractivity contribution is 0.0250. The molecule has 7 heteroatoms. The molecule has 2 aromatic rings. The van der Waals surface area contributed by atoms with Gasteiger partial charge >= 0.3 is 0 Å². The van der Waals surface area contributed by atoms with Crippen LogP contribution < -0.4 is 5.32 Å². The zero-order valence-corrected chi connectivity index (χ0v) is 13.6. The van der Waals surface area contributed by atoms with E-state index in [4.69, 9.17) is 4.74 Å². The van der Waals surface area contributed by atoms with Gasteiger partial charge in [-0.05, 0) is 18.1 Å². The van der Waals surface area contributed by atoms with Gasteiger partial charge in [0, 0.05) is 25.7 Å². The van der Waals surface area contributed by atoms with Crippen molar-refractivity contribution in [1.29, 1.82) is 0 Å². The number of ketones is 1. The van der Waals surface area contributed by atoms with Gasteiger partial charge in [-0.2, -0.15) is 5.10 Å². The van der Waals surface area contributed by atoms with Crippen molar-refractivity contribution in [2.45, 2.75) is 32.3 Å². The molecular formula is C17H21FN4O2. The average Bonchev–Trinajstić information content (AvgIpc) is 2.98. The Balaban J connectivity index is 1.66. The van der Waals surface area contributed by atoms with Crippen molar-refractivity contribution in [3.8, 4) is 0 Å². The lowest BCUT2D eigenvalue weighted by Gasteiger charge is -2.23. The van der Waals surface area contributed by atoms with Crippen molar-refractivity contribution in [3.63, 3.8) is 0 Å². The van der Waals surface area contributed by atoms with E-state index in [0.29, 0.717) is 18.7 Å². The van der Waals surface area contributed by atoms with Crippen molar-refractivity contribution < 1.29 is 13.9 Å². The summed E-state index contributed by atoms with van der Waals surface area (Å²) < 4.78 is 19.8. The highest BCUT2D eigenvalue weighted by Gasteiger charge is 2.20. The van der Waals surface area contributed by atoms with Gasteiger partial charge < -0.3 is 10.1 Å². The number of pyridine rings is 1. The lowest BCUT2D eigenvalue weighted by Crippen LogP contribution is -2.33. The first-order valence-electron chi connectivity index (χ1n) is 8.22. The maximum Gasteiger partial charge on any atom is 0.190 e. The van der Waals surface area contributed by atoms with E-state index in [9.17, 15) is 9.18 Å². The van der Waals surface area contributed by atoms with Crippen LogP contribution >= 0.6 is 0 Å². The number of morpholine rings is 1. The van der Waals surface area contributed by atoms with Crippen molar-refractivity contribution in [3.05, 3.63) is 46.8 Å². The van der Waals surface area contributed by atoms with E-state index < -0.39 is 5.82 Å². The number of nitrogens with one attached hydrogen (secondary N) is 2. The summed E-state index contributed by atoms with van der Waals surface area (Å²) in [6, 6.07) is 3.68. The molecule has 6 nitrogen and oxygen atoms in total. The molecule has 0 bridgehead atoms. The summed E-state index contributed by atoms with van der Waals surface area (Å²) in [6.45, 7) is 4.17. The summed E-state index contributed by atoms with van der Waals surface area (Å²) >= 11 is 0. The fourth-order valence-corrected chi connectivity index (χ4v) is 2.72. The number of hydrogen-bond donors (Lipinski definition) is 2. The summed E-state index contributed by atoms with van der Waals surface area (Å²) in [6.07, 6.45) is 2.98. The highest BCUT2D eigenvalue weighted by molar-refractivity contribution is 5.96. The first kappa shape index (κ1) is 16.7. The standard InChI is InChI=1S/C17H21FN4O2/c1-2-3-13-16(18)17(22-21-13)14(23)8-11-4-5-12(20-9-11)15-10-19-6-7-24-15/h4-5,9,15,19H,2-3,6-8,10H2,1H3,(H,21,22)/t15-/m0/s1. The normalized spacial score (nSPS) is 17.8. The molecule has 1 saturated heterocycles. The largest absolute Gasteiger partial charge is 0.369 e. The molecule has 2 N–H and O–H groups in total. The molecule has 0 amide bonds. The van der Waals surface area contributed by atoms with Gasteiger partial charge in [-0.15, -0.1) is 0 Å². The molecule has 128 valence electrons. The SMILES string of the molecule is CCCc1[nH]nc(C(=O)Cc2ccc([C@@H]3CNCCO3)nc2)c1F. The predicted octanol–water partition coefficient (Wildman–Crippen LogP) is 1.98. The molecule has 24 heavy (non-hydrogen) atoms. The van der Waals surface area contributed by atoms with Crippen LogP contribution in [0.1, 0.15) is 46.9 Å². The number of carbonyl (C=O) groups excluding carboxylic acids is 1. The third-order valence-electron chi connectivity index (χ3n) is 4.01. The fraction of sp³-hybridized carbons (Fsp3) is 0.471. The van der Waals surface area contributed by atoms with Crippen LogP contribution in [0.2, 0.25) is 0 Å². The Hall–Kier alpha value is -2.12. The minimum absolute atomic E-state index is 0.0658. The van der Waals surface area contributed by atoms with Crippen molar-refractivity contribution in [2.75, 3.05) is 19.7 Å². The Kier molecular flexibility index (Phi) is 5.32. The van der Waals surface area contributed by atoms with E-state index in [1.807, 2.05) is 19.1 Å². The van der Waals surface area contributed by atoms with Gasteiger partial charge in [0.25, 0.3) is 0 Å². The van der Waals surface area contributed by atoms with Crippen LogP contribution in [0, 0.1) is 5.82 Å². The van der Waals surface area contributed by atoms with Crippen molar-refractivity contribution in [1.82, 2.24) is 20.5 Å². The molecule has 1 aliphatic heterocycles. The maximum atomic E-state index is 14.1. The third kappa shape index (κ3) is 3.68. The molecular weight excluding hydrogens is 311 g/mol. The molecule has 3 rings (SSSR count). The number of carbonyl (C=O) groups is 1. The number of nitrogens with zero attached hydrogens (tertiary/aromatic N) is 2. The Morgan fingerprint density at radius 2 is 2.33 bits per heavy atom. The Morgan fingerprint density at radius 1 is 1.46 bits per heavy atom. The number of Topliss-reactive ketones (excluding diaryl/α,β-unsaturated/α-hetero) is 1. The second-order valence-corrected chi connectivity index (χ2v) is 5.87. The van der Waals surface area contributed by atoms with Crippen LogP contribution in [0.15, 0.2) is 18.3 Å². The smallest absolute Gasteiger partial charge is 0.190 e. The summed E-state index contributed by atoms with van der Waals surface area (Å²) in [5.74, 6) is -0.885. The lowest BCUT2D eigenvalue weighted by atomic mass is 10.1. The van der Waals surface area contributed by atoms with Crippen LogP contribution in [0.3, 0.4) is 0 Å². The van der Waals surface area contributed by atoms with E-state index in [2.05, 4.69) is 20.5 Å². The van der Waals surface area contributed by atoms with E-state index in [0.717, 1.165) is 30.8 Å². The van der Waals surface area contributed by atoms with E-state index >= 15 is 0 Å². The average molecular weight is 332 g/mol. The molecule has 0 aliphatic carbocycles. The number of H-pyrrole nitrogens is 1. The number of aromatic amines is 1. The monoisotopic (exact) mass is 332 g/mol. The maximum absolute atomic E-state index is 14.1. The van der Waals surface area contributed by atoms with Gasteiger partial charge in [0.15, 0.2) is 17.3 Å². The minimum Gasteiger partial charge on any atom is -0.369 e. The molecule has 2 aromatic heterocycles. The molecule has 0 spiro atoms. The third-order valence-corrected chi connectivity index (χ3v) is 4.01. The number of rotatable bonds is 6. The first-order valence-corrected chi connectivity index (χ1v) is 8.22. The highest BCUT2D eigenvalue weighted by Crippen LogP contribution is 2.18. The number of aromatic nitrogens is 3. The van der Waals surface area contributed by atoms with Gasteiger partial charge in [0.05, 0.1) is 18.0 Å². The van der Waals surface area contributed by atoms with Gasteiger partial charge in [-0.3, -0.25) is 14.9 Å². The quantitative estimate of drug-likeness (QED) is 0.791. The predicted molar refractivity (Wildman–Crippen MR) is 86.4 cm³/mol. The Morgan fingerprint density at radius 3 is 3.00 bits per heavy atom. The van der Waals surface area contributed by atoms with Crippen molar-refractivity contribution >= 4 is 5.78 Å². The zero-order valence-electron chi connectivity index (χ0n) is 13.6. The molecule has 1 aliphatic rings. The summed E-state index contributed by atoms with van der Waals surface area (Å²) in [4.78, 5) is 16.6. The number of aryl methyl sites for hydroxylation is 1. The number of hydrogen-bond acceptors (Lipinski definition) is 5. The Bertz CT molecular complexity index is 693. The first-order chi connectivity index (χ1) is 11.7. The van der Waals surface area contributed by atoms with Crippen LogP contribution in [0.4, 0.5) is 4.39 Å². The molecule has 0 radical (unpaired) electrons. The molecule has 3 heterocycles. The topological polar surface area (TPSA) is 79.9 Å². The van der Waals surface area contributed by atoms with Gasteiger partial charge in [-0.1, -0.05) is 19.4 Å². The van der Waals surface area contributed by atoms with Gasteiger partial charge in [0.2, 0.25) is 0 Å². The highest BCUT2D eigenvalue weighted by atomic mass is 19.1. The summed E-state index contributed by atoms with van der Waals surface area (Å²) in [5.41, 5.74) is 1.82. The van der Waals surface area contributed by atoms with Crippen molar-refractivity contribution in [2.24, 2.45) is 0 Å². The molecule has 0 aromatic carbocycles. The van der Waals surface area contributed by atoms with Gasteiger partial charge in [-0.25, -0.2) is 4.39 Å². The second kappa shape index (κ2) is 7.63. The van der Waals surface area contributed by atoms with E-state index in [1.165, 1.54) is 0 Å². The van der Waals surface area contributed by atoms with E-state index in [-0.39, 0.29) is 24.0 Å². The molecule has 0 unspecified atom stereocenters. The summed E-state index contributed by atoms with van der Waals surface area (Å²) in [5, 5.41) is 9.68. The zero-order chi connectivity index (χ0) is 16.9. The molecule has 1 fully saturated rings. The number of halogens is 1. The second-order valence-electron chi connectivity index (χ2n) is 5.87. The van der Waals surface area contributed by atoms with Crippen LogP contribution in [0.25, 0.3) is 0 Å². The molecule has 1 atom stereocenters. The Labute approximate surface area is 139 Å². The minimum atomic E-state index is -0.534. The fourth-order valence-electron chi connectivity index (χ4n) is 2.72. The summed E-state index contributed by atoms with van der Waals surface area (Å²) in [7, 11) is 0. The van der Waals surface area contributed by atoms with Crippen LogP contribution in [-0.2, 0) is 17.6 Å². The van der Waals surface area contributed by atoms with Crippen LogP contribution in [0.5, 0.6) is 0 Å². The molecule has 0 saturated carbocycles.